The van der Waals surface area contributed by atoms with Crippen molar-refractivity contribution in [3.63, 3.8) is 0 Å². The molecule has 94 valence electrons. The number of hydrogen-bond acceptors (Lipinski definition) is 3. The van der Waals surface area contributed by atoms with Gasteiger partial charge in [-0.2, -0.15) is 0 Å². The number of rotatable bonds is 2. The van der Waals surface area contributed by atoms with E-state index < -0.39 is 0 Å². The summed E-state index contributed by atoms with van der Waals surface area (Å²) >= 11 is 7.45. The van der Waals surface area contributed by atoms with E-state index in [1.807, 2.05) is 32.9 Å². The van der Waals surface area contributed by atoms with Gasteiger partial charge in [-0.3, -0.25) is 4.79 Å². The topological polar surface area (TPSA) is 42.0 Å². The van der Waals surface area contributed by atoms with Gasteiger partial charge in [0.1, 0.15) is 0 Å². The molecule has 2 rings (SSSR count). The molecule has 1 N–H and O–H groups in total. The molecule has 18 heavy (non-hydrogen) atoms. The van der Waals surface area contributed by atoms with Crippen LogP contribution in [0, 0.1) is 20.8 Å². The number of nitrogens with one attached hydrogen (secondary N) is 1. The van der Waals surface area contributed by atoms with E-state index in [9.17, 15) is 4.79 Å². The summed E-state index contributed by atoms with van der Waals surface area (Å²) in [7, 11) is 0. The number of halogens is 1. The van der Waals surface area contributed by atoms with Crippen LogP contribution in [-0.4, -0.2) is 10.9 Å². The van der Waals surface area contributed by atoms with E-state index in [1.165, 1.54) is 11.3 Å². The molecule has 0 radical (unpaired) electrons. The lowest BCUT2D eigenvalue weighted by Crippen LogP contribution is -2.12. The smallest absolute Gasteiger partial charge is 0.265 e. The molecule has 0 fully saturated rings. The van der Waals surface area contributed by atoms with Gasteiger partial charge in [0.25, 0.3) is 5.91 Å². The van der Waals surface area contributed by atoms with Crippen molar-refractivity contribution in [3.8, 4) is 0 Å². The highest BCUT2D eigenvalue weighted by Crippen LogP contribution is 2.26. The highest BCUT2D eigenvalue weighted by molar-refractivity contribution is 7.14. The van der Waals surface area contributed by atoms with Crippen molar-refractivity contribution in [1.29, 1.82) is 0 Å². The van der Waals surface area contributed by atoms with Gasteiger partial charge in [0.15, 0.2) is 5.15 Å². The fraction of sp³-hybridized carbons (Fsp3) is 0.231. The van der Waals surface area contributed by atoms with Crippen LogP contribution in [0.15, 0.2) is 18.3 Å². The van der Waals surface area contributed by atoms with Crippen LogP contribution in [0.3, 0.4) is 0 Å². The van der Waals surface area contributed by atoms with Gasteiger partial charge in [-0.25, -0.2) is 4.98 Å². The Morgan fingerprint density at radius 3 is 2.61 bits per heavy atom. The number of aryl methyl sites for hydroxylation is 3. The summed E-state index contributed by atoms with van der Waals surface area (Å²) in [5.41, 5.74) is 2.60. The molecule has 2 aromatic heterocycles. The molecule has 0 aliphatic rings. The maximum atomic E-state index is 12.1. The summed E-state index contributed by atoms with van der Waals surface area (Å²) in [6.45, 7) is 5.87. The number of hydrogen-bond donors (Lipinski definition) is 1. The summed E-state index contributed by atoms with van der Waals surface area (Å²) in [6, 6.07) is 3.70. The predicted octanol–water partition coefficient (Wildman–Crippen LogP) is 3.97. The van der Waals surface area contributed by atoms with Gasteiger partial charge in [0.2, 0.25) is 0 Å². The molecule has 0 saturated carbocycles. The highest BCUT2D eigenvalue weighted by atomic mass is 35.5. The van der Waals surface area contributed by atoms with Crippen molar-refractivity contribution < 1.29 is 4.79 Å². The predicted molar refractivity (Wildman–Crippen MR) is 75.7 cm³/mol. The maximum absolute atomic E-state index is 12.1. The molecule has 1 amide bonds. The Hall–Kier alpha value is -1.39. The van der Waals surface area contributed by atoms with Crippen LogP contribution in [-0.2, 0) is 0 Å². The Bertz CT molecular complexity index is 567. The number of thiophene rings is 1. The van der Waals surface area contributed by atoms with Crippen LogP contribution in [0.2, 0.25) is 5.15 Å². The Morgan fingerprint density at radius 1 is 1.33 bits per heavy atom. The molecule has 2 heterocycles. The second kappa shape index (κ2) is 5.08. The average molecular weight is 281 g/mol. The van der Waals surface area contributed by atoms with E-state index in [1.54, 1.807) is 6.20 Å². The summed E-state index contributed by atoms with van der Waals surface area (Å²) in [5.74, 6) is -0.144. The van der Waals surface area contributed by atoms with Gasteiger partial charge >= 0.3 is 0 Å². The number of pyridine rings is 1. The Kier molecular flexibility index (Phi) is 3.68. The fourth-order valence-electron chi connectivity index (χ4n) is 1.54. The maximum Gasteiger partial charge on any atom is 0.265 e. The van der Waals surface area contributed by atoms with Crippen LogP contribution in [0.4, 0.5) is 5.69 Å². The second-order valence-electron chi connectivity index (χ2n) is 4.10. The van der Waals surface area contributed by atoms with E-state index in [2.05, 4.69) is 10.3 Å². The molecule has 0 aromatic carbocycles. The summed E-state index contributed by atoms with van der Waals surface area (Å²) < 4.78 is 0. The van der Waals surface area contributed by atoms with Gasteiger partial charge in [-0.1, -0.05) is 11.6 Å². The van der Waals surface area contributed by atoms with E-state index in [0.29, 0.717) is 15.7 Å². The largest absolute Gasteiger partial charge is 0.318 e. The first-order chi connectivity index (χ1) is 8.49. The van der Waals surface area contributed by atoms with Crippen LogP contribution in [0.1, 0.15) is 25.7 Å². The third kappa shape index (κ3) is 2.54. The molecule has 0 aliphatic carbocycles. The van der Waals surface area contributed by atoms with Crippen LogP contribution in [0.25, 0.3) is 0 Å². The van der Waals surface area contributed by atoms with Crippen LogP contribution >= 0.6 is 22.9 Å². The molecule has 0 bridgehead atoms. The second-order valence-corrected chi connectivity index (χ2v) is 5.71. The molecular weight excluding hydrogens is 268 g/mol. The normalized spacial score (nSPS) is 10.4. The molecule has 0 atom stereocenters. The third-order valence-electron chi connectivity index (χ3n) is 2.74. The van der Waals surface area contributed by atoms with Gasteiger partial charge in [-0.15, -0.1) is 11.3 Å². The van der Waals surface area contributed by atoms with Crippen molar-refractivity contribution in [2.75, 3.05) is 5.32 Å². The van der Waals surface area contributed by atoms with Gasteiger partial charge in [0, 0.05) is 11.1 Å². The third-order valence-corrected chi connectivity index (χ3v) is 4.18. The SMILES string of the molecule is Cc1cc(C(=O)Nc2c(C)ccnc2Cl)sc1C. The van der Waals surface area contributed by atoms with Gasteiger partial charge < -0.3 is 5.32 Å². The molecule has 0 spiro atoms. The highest BCUT2D eigenvalue weighted by Gasteiger charge is 2.13. The molecule has 2 aromatic rings. The van der Waals surface area contributed by atoms with Crippen molar-refractivity contribution in [1.82, 2.24) is 4.98 Å². The van der Waals surface area contributed by atoms with E-state index in [4.69, 9.17) is 11.6 Å². The quantitative estimate of drug-likeness (QED) is 0.846. The summed E-state index contributed by atoms with van der Waals surface area (Å²) in [5, 5.41) is 3.13. The number of carbonyl (C=O) groups excluding carboxylic acids is 1. The zero-order valence-electron chi connectivity index (χ0n) is 10.4. The lowest BCUT2D eigenvalue weighted by molar-refractivity contribution is 0.103. The Balaban J connectivity index is 2.27. The number of anilines is 1. The molecule has 0 unspecified atom stereocenters. The fourth-order valence-corrected chi connectivity index (χ4v) is 2.72. The standard InChI is InChI=1S/C13H13ClN2OS/c1-7-4-5-15-12(14)11(7)16-13(17)10-6-8(2)9(3)18-10/h4-6H,1-3H3,(H,16,17). The van der Waals surface area contributed by atoms with Gasteiger partial charge in [0.05, 0.1) is 10.6 Å². The van der Waals surface area contributed by atoms with Gasteiger partial charge in [-0.05, 0) is 44.0 Å². The minimum atomic E-state index is -0.144. The minimum Gasteiger partial charge on any atom is -0.318 e. The van der Waals surface area contributed by atoms with Crippen molar-refractivity contribution in [3.05, 3.63) is 44.4 Å². The lowest BCUT2D eigenvalue weighted by atomic mass is 10.2. The average Bonchev–Trinajstić information content (AvgIpc) is 2.64. The molecule has 0 saturated heterocycles. The van der Waals surface area contributed by atoms with Crippen LogP contribution < -0.4 is 5.32 Å². The van der Waals surface area contributed by atoms with E-state index in [-0.39, 0.29) is 5.91 Å². The lowest BCUT2D eigenvalue weighted by Gasteiger charge is -2.08. The van der Waals surface area contributed by atoms with Crippen molar-refractivity contribution >= 4 is 34.5 Å². The summed E-state index contributed by atoms with van der Waals surface area (Å²) in [4.78, 5) is 17.9. The number of amides is 1. The van der Waals surface area contributed by atoms with E-state index in [0.717, 1.165) is 16.0 Å². The van der Waals surface area contributed by atoms with Crippen molar-refractivity contribution in [2.24, 2.45) is 0 Å². The Morgan fingerprint density at radius 2 is 2.06 bits per heavy atom. The molecule has 3 nitrogen and oxygen atoms in total. The minimum absolute atomic E-state index is 0.144. The molecule has 0 aliphatic heterocycles. The first-order valence-corrected chi connectivity index (χ1v) is 6.68. The molecular formula is C13H13ClN2OS. The summed E-state index contributed by atoms with van der Waals surface area (Å²) in [6.07, 6.45) is 1.62. The Labute approximate surface area is 115 Å². The first kappa shape index (κ1) is 13.1. The van der Waals surface area contributed by atoms with E-state index >= 15 is 0 Å². The number of carbonyl (C=O) groups is 1. The zero-order valence-corrected chi connectivity index (χ0v) is 11.9. The monoisotopic (exact) mass is 280 g/mol. The molecule has 5 heteroatoms. The number of aromatic nitrogens is 1. The zero-order chi connectivity index (χ0) is 13.3. The number of nitrogens with zero attached hydrogens (tertiary/aromatic N) is 1. The first-order valence-electron chi connectivity index (χ1n) is 5.48. The van der Waals surface area contributed by atoms with Crippen LogP contribution in [0.5, 0.6) is 0 Å². The van der Waals surface area contributed by atoms with Crippen molar-refractivity contribution in [2.45, 2.75) is 20.8 Å².